The maximum Gasteiger partial charge on any atom is 0.125 e. The van der Waals surface area contributed by atoms with Gasteiger partial charge in [0, 0.05) is 13.0 Å². The lowest BCUT2D eigenvalue weighted by Gasteiger charge is -2.32. The Balaban J connectivity index is 1.60. The highest BCUT2D eigenvalue weighted by molar-refractivity contribution is 5.22. The number of nitrogens with one attached hydrogen (secondary N) is 1. The highest BCUT2D eigenvalue weighted by atomic mass is 19.1. The largest absolute Gasteiger partial charge is 0.488 e. The zero-order valence-corrected chi connectivity index (χ0v) is 10.3. The van der Waals surface area contributed by atoms with Gasteiger partial charge in [0.15, 0.2) is 0 Å². The van der Waals surface area contributed by atoms with Gasteiger partial charge in [-0.3, -0.25) is 0 Å². The summed E-state index contributed by atoms with van der Waals surface area (Å²) in [5.41, 5.74) is -0.0387. The van der Waals surface area contributed by atoms with Crippen LogP contribution >= 0.6 is 0 Å². The Hall–Kier alpha value is -1.13. The number of hydrogen-bond donors (Lipinski definition) is 1. The minimum absolute atomic E-state index is 0.0387. The first-order valence-corrected chi connectivity index (χ1v) is 6.53. The van der Waals surface area contributed by atoms with E-state index < -0.39 is 0 Å². The molecule has 1 aromatic rings. The standard InChI is InChI=1S/C14H18FNO2/c15-11-2-4-12(5-3-11)18-13-8-14(17-9-13)6-1-7-16-10-14/h2-5,13,16H,1,6-10H2/t13-,14+/m0/s1. The van der Waals surface area contributed by atoms with Gasteiger partial charge in [-0.15, -0.1) is 0 Å². The molecule has 0 bridgehead atoms. The Bertz CT molecular complexity index is 401. The van der Waals surface area contributed by atoms with Crippen molar-refractivity contribution in [3.05, 3.63) is 30.1 Å². The van der Waals surface area contributed by atoms with Crippen molar-refractivity contribution in [1.82, 2.24) is 5.32 Å². The van der Waals surface area contributed by atoms with Gasteiger partial charge in [0.05, 0.1) is 12.2 Å². The van der Waals surface area contributed by atoms with E-state index in [9.17, 15) is 4.39 Å². The van der Waals surface area contributed by atoms with E-state index in [-0.39, 0.29) is 17.5 Å². The SMILES string of the molecule is Fc1ccc(O[C@@H]2CO[C@]3(CCCNC3)C2)cc1. The van der Waals surface area contributed by atoms with E-state index in [0.29, 0.717) is 12.4 Å². The predicted molar refractivity (Wildman–Crippen MR) is 66.2 cm³/mol. The first-order chi connectivity index (χ1) is 8.76. The van der Waals surface area contributed by atoms with E-state index >= 15 is 0 Å². The van der Waals surface area contributed by atoms with Gasteiger partial charge in [0.1, 0.15) is 17.7 Å². The fourth-order valence-corrected chi connectivity index (χ4v) is 2.82. The average Bonchev–Trinajstić information content (AvgIpc) is 2.76. The molecule has 1 aromatic carbocycles. The first kappa shape index (κ1) is 11.9. The molecule has 0 amide bonds. The smallest absolute Gasteiger partial charge is 0.125 e. The van der Waals surface area contributed by atoms with Gasteiger partial charge >= 0.3 is 0 Å². The van der Waals surface area contributed by atoms with Crippen LogP contribution in [-0.2, 0) is 4.74 Å². The summed E-state index contributed by atoms with van der Waals surface area (Å²) in [4.78, 5) is 0. The molecule has 3 rings (SSSR count). The van der Waals surface area contributed by atoms with Crippen molar-refractivity contribution in [2.24, 2.45) is 0 Å². The van der Waals surface area contributed by atoms with Gasteiger partial charge in [-0.1, -0.05) is 0 Å². The third-order valence-corrected chi connectivity index (χ3v) is 3.72. The summed E-state index contributed by atoms with van der Waals surface area (Å²) in [6, 6.07) is 6.17. The third-order valence-electron chi connectivity index (χ3n) is 3.72. The molecule has 2 aliphatic heterocycles. The van der Waals surface area contributed by atoms with Crippen molar-refractivity contribution in [2.75, 3.05) is 19.7 Å². The highest BCUT2D eigenvalue weighted by Crippen LogP contribution is 2.33. The van der Waals surface area contributed by atoms with E-state index in [1.54, 1.807) is 12.1 Å². The van der Waals surface area contributed by atoms with Crippen molar-refractivity contribution in [1.29, 1.82) is 0 Å². The Morgan fingerprint density at radius 2 is 2.17 bits per heavy atom. The third kappa shape index (κ3) is 2.49. The number of hydrogen-bond acceptors (Lipinski definition) is 3. The Morgan fingerprint density at radius 3 is 2.89 bits per heavy atom. The summed E-state index contributed by atoms with van der Waals surface area (Å²) in [5, 5.41) is 3.38. The van der Waals surface area contributed by atoms with E-state index in [1.165, 1.54) is 12.1 Å². The van der Waals surface area contributed by atoms with Crippen LogP contribution in [0.1, 0.15) is 19.3 Å². The number of benzene rings is 1. The van der Waals surface area contributed by atoms with Gasteiger partial charge in [0.2, 0.25) is 0 Å². The molecule has 0 saturated carbocycles. The van der Waals surface area contributed by atoms with Crippen LogP contribution in [0.2, 0.25) is 0 Å². The second-order valence-corrected chi connectivity index (χ2v) is 5.17. The highest BCUT2D eigenvalue weighted by Gasteiger charge is 2.42. The van der Waals surface area contributed by atoms with E-state index in [0.717, 1.165) is 32.4 Å². The summed E-state index contributed by atoms with van der Waals surface area (Å²) in [7, 11) is 0. The van der Waals surface area contributed by atoms with Crippen LogP contribution in [0.4, 0.5) is 4.39 Å². The molecule has 0 aliphatic carbocycles. The molecule has 98 valence electrons. The van der Waals surface area contributed by atoms with Gasteiger partial charge < -0.3 is 14.8 Å². The maximum atomic E-state index is 12.8. The minimum Gasteiger partial charge on any atom is -0.488 e. The molecule has 0 unspecified atom stereocenters. The number of halogens is 1. The summed E-state index contributed by atoms with van der Waals surface area (Å²) < 4.78 is 24.6. The second kappa shape index (κ2) is 4.86. The number of rotatable bonds is 2. The van der Waals surface area contributed by atoms with Gasteiger partial charge in [-0.05, 0) is 43.7 Å². The van der Waals surface area contributed by atoms with E-state index in [2.05, 4.69) is 5.32 Å². The molecular formula is C14H18FNO2. The number of ether oxygens (including phenoxy) is 2. The molecule has 0 aromatic heterocycles. The fraction of sp³-hybridized carbons (Fsp3) is 0.571. The monoisotopic (exact) mass is 251 g/mol. The van der Waals surface area contributed by atoms with Crippen LogP contribution in [-0.4, -0.2) is 31.4 Å². The molecule has 0 radical (unpaired) electrons. The lowest BCUT2D eigenvalue weighted by Crippen LogP contribution is -2.45. The Labute approximate surface area is 106 Å². The quantitative estimate of drug-likeness (QED) is 0.873. The lowest BCUT2D eigenvalue weighted by atomic mass is 9.90. The molecule has 2 heterocycles. The van der Waals surface area contributed by atoms with Crippen LogP contribution in [0, 0.1) is 5.82 Å². The first-order valence-electron chi connectivity index (χ1n) is 6.53. The molecular weight excluding hydrogens is 233 g/mol. The summed E-state index contributed by atoms with van der Waals surface area (Å²) in [6.07, 6.45) is 3.25. The Kier molecular flexibility index (Phi) is 3.22. The second-order valence-electron chi connectivity index (χ2n) is 5.17. The zero-order valence-electron chi connectivity index (χ0n) is 10.3. The van der Waals surface area contributed by atoms with Crippen molar-refractivity contribution in [2.45, 2.75) is 31.0 Å². The van der Waals surface area contributed by atoms with Crippen molar-refractivity contribution in [3.63, 3.8) is 0 Å². The van der Waals surface area contributed by atoms with Gasteiger partial charge in [-0.2, -0.15) is 0 Å². The van der Waals surface area contributed by atoms with E-state index in [1.807, 2.05) is 0 Å². The average molecular weight is 251 g/mol. The van der Waals surface area contributed by atoms with Crippen molar-refractivity contribution >= 4 is 0 Å². The topological polar surface area (TPSA) is 30.5 Å². The summed E-state index contributed by atoms with van der Waals surface area (Å²) >= 11 is 0. The fourth-order valence-electron chi connectivity index (χ4n) is 2.82. The van der Waals surface area contributed by atoms with Crippen LogP contribution in [0.15, 0.2) is 24.3 Å². The predicted octanol–water partition coefficient (Wildman–Crippen LogP) is 2.12. The molecule has 1 N–H and O–H groups in total. The molecule has 18 heavy (non-hydrogen) atoms. The van der Waals surface area contributed by atoms with E-state index in [4.69, 9.17) is 9.47 Å². The van der Waals surface area contributed by atoms with Crippen molar-refractivity contribution < 1.29 is 13.9 Å². The maximum absolute atomic E-state index is 12.8. The van der Waals surface area contributed by atoms with Gasteiger partial charge in [-0.25, -0.2) is 4.39 Å². The van der Waals surface area contributed by atoms with Gasteiger partial charge in [0.25, 0.3) is 0 Å². The van der Waals surface area contributed by atoms with Crippen LogP contribution in [0.3, 0.4) is 0 Å². The minimum atomic E-state index is -0.238. The molecule has 1 spiro atoms. The Morgan fingerprint density at radius 1 is 1.33 bits per heavy atom. The molecule has 2 atom stereocenters. The van der Waals surface area contributed by atoms with Crippen LogP contribution in [0.5, 0.6) is 5.75 Å². The zero-order chi connectivity index (χ0) is 12.4. The van der Waals surface area contributed by atoms with Crippen LogP contribution in [0.25, 0.3) is 0 Å². The molecule has 4 heteroatoms. The van der Waals surface area contributed by atoms with Crippen molar-refractivity contribution in [3.8, 4) is 5.75 Å². The molecule has 2 aliphatic rings. The normalized spacial score (nSPS) is 31.7. The summed E-state index contributed by atoms with van der Waals surface area (Å²) in [6.45, 7) is 2.62. The molecule has 2 saturated heterocycles. The van der Waals surface area contributed by atoms with Crippen LogP contribution < -0.4 is 10.1 Å². The summed E-state index contributed by atoms with van der Waals surface area (Å²) in [5.74, 6) is 0.476. The number of piperidine rings is 1. The lowest BCUT2D eigenvalue weighted by molar-refractivity contribution is -0.0153. The molecule has 2 fully saturated rings. The molecule has 3 nitrogen and oxygen atoms in total.